The first kappa shape index (κ1) is 12.4. The zero-order valence-corrected chi connectivity index (χ0v) is 10.2. The fourth-order valence-corrected chi connectivity index (χ4v) is 3.42. The van der Waals surface area contributed by atoms with Crippen molar-refractivity contribution in [3.8, 4) is 0 Å². The maximum absolute atomic E-state index is 13.2. The topological polar surface area (TPSA) is 43.1 Å². The van der Waals surface area contributed by atoms with Gasteiger partial charge in [0.2, 0.25) is 0 Å². The maximum atomic E-state index is 13.2. The molecule has 1 aliphatic carbocycles. The van der Waals surface area contributed by atoms with Crippen LogP contribution in [-0.2, 0) is 0 Å². The van der Waals surface area contributed by atoms with Gasteiger partial charge in [-0.2, -0.15) is 0 Å². The molecule has 0 unspecified atom stereocenters. The standard InChI is InChI=1S/C12H14FNO2S/c13-9-6-10(14(15)16)8-12(7-9)17-11-4-2-1-3-5-11/h6-8,11H,1-5H2. The average Bonchev–Trinajstić information content (AvgIpc) is 2.29. The molecule has 0 amide bonds. The van der Waals surface area contributed by atoms with E-state index in [0.29, 0.717) is 10.1 Å². The van der Waals surface area contributed by atoms with Crippen molar-refractivity contribution in [3.05, 3.63) is 34.1 Å². The Morgan fingerprint density at radius 2 is 1.94 bits per heavy atom. The van der Waals surface area contributed by atoms with Gasteiger partial charge in [0, 0.05) is 16.2 Å². The second-order valence-electron chi connectivity index (χ2n) is 4.28. The molecular weight excluding hydrogens is 241 g/mol. The molecule has 1 aromatic carbocycles. The Labute approximate surface area is 104 Å². The molecule has 92 valence electrons. The monoisotopic (exact) mass is 255 g/mol. The molecular formula is C12H14FNO2S. The van der Waals surface area contributed by atoms with Gasteiger partial charge in [0.05, 0.1) is 11.0 Å². The summed E-state index contributed by atoms with van der Waals surface area (Å²) in [7, 11) is 0. The van der Waals surface area contributed by atoms with Gasteiger partial charge in [-0.25, -0.2) is 4.39 Å². The fraction of sp³-hybridized carbons (Fsp3) is 0.500. The maximum Gasteiger partial charge on any atom is 0.273 e. The summed E-state index contributed by atoms with van der Waals surface area (Å²) < 4.78 is 13.2. The molecule has 3 nitrogen and oxygen atoms in total. The van der Waals surface area contributed by atoms with Crippen molar-refractivity contribution in [1.29, 1.82) is 0 Å². The third-order valence-electron chi connectivity index (χ3n) is 2.92. The minimum atomic E-state index is -0.548. The predicted octanol–water partition coefficient (Wildman–Crippen LogP) is 4.16. The first-order chi connectivity index (χ1) is 8.15. The van der Waals surface area contributed by atoms with E-state index in [1.165, 1.54) is 31.4 Å². The number of hydrogen-bond donors (Lipinski definition) is 0. The van der Waals surface area contributed by atoms with Gasteiger partial charge in [-0.05, 0) is 18.9 Å². The second kappa shape index (κ2) is 5.49. The van der Waals surface area contributed by atoms with Crippen LogP contribution < -0.4 is 0 Å². The van der Waals surface area contributed by atoms with Gasteiger partial charge < -0.3 is 0 Å². The quantitative estimate of drug-likeness (QED) is 0.601. The third kappa shape index (κ3) is 3.43. The van der Waals surface area contributed by atoms with Crippen molar-refractivity contribution in [2.75, 3.05) is 0 Å². The van der Waals surface area contributed by atoms with Crippen LogP contribution in [0.4, 0.5) is 10.1 Å². The van der Waals surface area contributed by atoms with E-state index in [1.54, 1.807) is 11.8 Å². The summed E-state index contributed by atoms with van der Waals surface area (Å²) in [6, 6.07) is 3.81. The van der Waals surface area contributed by atoms with Crippen LogP contribution in [0.1, 0.15) is 32.1 Å². The lowest BCUT2D eigenvalue weighted by Gasteiger charge is -2.20. The molecule has 0 aromatic heterocycles. The van der Waals surface area contributed by atoms with Crippen LogP contribution in [0.3, 0.4) is 0 Å². The molecule has 0 atom stereocenters. The van der Waals surface area contributed by atoms with Gasteiger partial charge in [-0.15, -0.1) is 11.8 Å². The minimum absolute atomic E-state index is 0.164. The minimum Gasteiger partial charge on any atom is -0.258 e. The number of nitro groups is 1. The fourth-order valence-electron chi connectivity index (χ4n) is 2.10. The Morgan fingerprint density at radius 3 is 2.59 bits per heavy atom. The van der Waals surface area contributed by atoms with Gasteiger partial charge in [-0.3, -0.25) is 10.1 Å². The number of nitro benzene ring substituents is 1. The summed E-state index contributed by atoms with van der Waals surface area (Å²) in [6.07, 6.45) is 5.91. The zero-order valence-electron chi connectivity index (χ0n) is 9.39. The van der Waals surface area contributed by atoms with E-state index in [9.17, 15) is 14.5 Å². The van der Waals surface area contributed by atoms with Crippen molar-refractivity contribution in [1.82, 2.24) is 0 Å². The zero-order chi connectivity index (χ0) is 12.3. The van der Waals surface area contributed by atoms with Crippen LogP contribution in [0.2, 0.25) is 0 Å². The van der Waals surface area contributed by atoms with Crippen LogP contribution >= 0.6 is 11.8 Å². The molecule has 0 spiro atoms. The lowest BCUT2D eigenvalue weighted by Crippen LogP contribution is -2.07. The van der Waals surface area contributed by atoms with E-state index in [-0.39, 0.29) is 5.69 Å². The normalized spacial score (nSPS) is 17.0. The summed E-state index contributed by atoms with van der Waals surface area (Å²) in [5.74, 6) is -0.530. The second-order valence-corrected chi connectivity index (χ2v) is 5.65. The Balaban J connectivity index is 2.11. The molecule has 0 radical (unpaired) electrons. The molecule has 1 saturated carbocycles. The summed E-state index contributed by atoms with van der Waals surface area (Å²) in [5, 5.41) is 11.1. The summed E-state index contributed by atoms with van der Waals surface area (Å²) >= 11 is 1.57. The molecule has 1 aliphatic rings. The van der Waals surface area contributed by atoms with Crippen molar-refractivity contribution in [2.45, 2.75) is 42.2 Å². The average molecular weight is 255 g/mol. The molecule has 1 fully saturated rings. The van der Waals surface area contributed by atoms with Crippen LogP contribution in [0.5, 0.6) is 0 Å². The molecule has 0 N–H and O–H groups in total. The van der Waals surface area contributed by atoms with Gasteiger partial charge in [0.25, 0.3) is 5.69 Å². The Morgan fingerprint density at radius 1 is 1.24 bits per heavy atom. The predicted molar refractivity (Wildman–Crippen MR) is 65.8 cm³/mol. The van der Waals surface area contributed by atoms with E-state index in [4.69, 9.17) is 0 Å². The van der Waals surface area contributed by atoms with E-state index in [2.05, 4.69) is 0 Å². The third-order valence-corrected chi connectivity index (χ3v) is 4.23. The first-order valence-electron chi connectivity index (χ1n) is 5.77. The van der Waals surface area contributed by atoms with Gasteiger partial charge in [-0.1, -0.05) is 19.3 Å². The first-order valence-corrected chi connectivity index (χ1v) is 6.65. The molecule has 5 heteroatoms. The van der Waals surface area contributed by atoms with Gasteiger partial charge in [0.1, 0.15) is 5.82 Å². The number of rotatable bonds is 3. The summed E-state index contributed by atoms with van der Waals surface area (Å²) in [4.78, 5) is 10.7. The number of nitrogens with zero attached hydrogens (tertiary/aromatic N) is 1. The van der Waals surface area contributed by atoms with Crippen LogP contribution in [0.15, 0.2) is 23.1 Å². The molecule has 0 heterocycles. The summed E-state index contributed by atoms with van der Waals surface area (Å²) in [6.45, 7) is 0. The van der Waals surface area contributed by atoms with E-state index in [0.717, 1.165) is 18.9 Å². The highest BCUT2D eigenvalue weighted by molar-refractivity contribution is 8.00. The Kier molecular flexibility index (Phi) is 3.99. The molecule has 0 saturated heterocycles. The van der Waals surface area contributed by atoms with E-state index in [1.807, 2.05) is 0 Å². The van der Waals surface area contributed by atoms with E-state index >= 15 is 0 Å². The molecule has 0 bridgehead atoms. The number of non-ortho nitro benzene ring substituents is 1. The van der Waals surface area contributed by atoms with Crippen molar-refractivity contribution in [2.24, 2.45) is 0 Å². The van der Waals surface area contributed by atoms with Crippen LogP contribution in [0, 0.1) is 15.9 Å². The number of halogens is 1. The Hall–Kier alpha value is -1.10. The van der Waals surface area contributed by atoms with Crippen molar-refractivity contribution in [3.63, 3.8) is 0 Å². The highest BCUT2D eigenvalue weighted by atomic mass is 32.2. The van der Waals surface area contributed by atoms with Crippen molar-refractivity contribution >= 4 is 17.4 Å². The Bertz CT molecular complexity index is 419. The smallest absolute Gasteiger partial charge is 0.258 e. The number of hydrogen-bond acceptors (Lipinski definition) is 3. The highest BCUT2D eigenvalue weighted by Crippen LogP contribution is 2.35. The summed E-state index contributed by atoms with van der Waals surface area (Å²) in [5.41, 5.74) is -0.164. The van der Waals surface area contributed by atoms with Gasteiger partial charge >= 0.3 is 0 Å². The number of thioether (sulfide) groups is 1. The molecule has 1 aromatic rings. The molecule has 0 aliphatic heterocycles. The lowest BCUT2D eigenvalue weighted by atomic mass is 10.0. The van der Waals surface area contributed by atoms with Crippen LogP contribution in [0.25, 0.3) is 0 Å². The van der Waals surface area contributed by atoms with Crippen molar-refractivity contribution < 1.29 is 9.31 Å². The number of benzene rings is 1. The largest absolute Gasteiger partial charge is 0.273 e. The highest BCUT2D eigenvalue weighted by Gasteiger charge is 2.17. The van der Waals surface area contributed by atoms with E-state index < -0.39 is 10.7 Å². The SMILES string of the molecule is O=[N+]([O-])c1cc(F)cc(SC2CCCCC2)c1. The molecule has 2 rings (SSSR count). The van der Waals surface area contributed by atoms with Crippen LogP contribution in [-0.4, -0.2) is 10.2 Å². The lowest BCUT2D eigenvalue weighted by molar-refractivity contribution is -0.385. The van der Waals surface area contributed by atoms with Gasteiger partial charge in [0.15, 0.2) is 0 Å². The molecule has 17 heavy (non-hydrogen) atoms.